The molecule has 2 heterocycles. The fourth-order valence-electron chi connectivity index (χ4n) is 3.71. The Kier molecular flexibility index (Phi) is 4.71. The number of piperidine rings is 1. The summed E-state index contributed by atoms with van der Waals surface area (Å²) in [6.45, 7) is 1.09. The second-order valence-electron chi connectivity index (χ2n) is 6.90. The van der Waals surface area contributed by atoms with Gasteiger partial charge < -0.3 is 10.0 Å². The average Bonchev–Trinajstić information content (AvgIpc) is 3.14. The van der Waals surface area contributed by atoms with Gasteiger partial charge in [0.25, 0.3) is 5.91 Å². The summed E-state index contributed by atoms with van der Waals surface area (Å²) in [4.78, 5) is 14.7. The van der Waals surface area contributed by atoms with Crippen LogP contribution in [0.3, 0.4) is 0 Å². The number of aliphatic hydroxyl groups excluding tert-OH is 1. The molecule has 2 aromatic rings. The fraction of sp³-hybridized carbons (Fsp3) is 0.333. The number of aliphatic hydroxyl groups is 1. The van der Waals surface area contributed by atoms with E-state index in [4.69, 9.17) is 5.10 Å². The van der Waals surface area contributed by atoms with Gasteiger partial charge in [-0.3, -0.25) is 9.80 Å². The molecule has 2 atom stereocenters. The Hall–Kier alpha value is -2.66. The molecule has 1 amide bonds. The van der Waals surface area contributed by atoms with Crippen LogP contribution in [-0.4, -0.2) is 40.8 Å². The topological polar surface area (TPSA) is 56.1 Å². The molecule has 5 nitrogen and oxygen atoms in total. The van der Waals surface area contributed by atoms with Crippen LogP contribution in [0.1, 0.15) is 30.9 Å². The predicted octanol–water partition coefficient (Wildman–Crippen LogP) is 2.98. The van der Waals surface area contributed by atoms with E-state index in [-0.39, 0.29) is 11.9 Å². The Bertz CT molecular complexity index is 791. The lowest BCUT2D eigenvalue weighted by molar-refractivity contribution is -0.127. The Balaban J connectivity index is 1.63. The van der Waals surface area contributed by atoms with E-state index in [1.165, 1.54) is 0 Å². The highest BCUT2D eigenvalue weighted by molar-refractivity contribution is 6.39. The SMILES string of the molecule is O=C(C1=NN(c2ccccc2)[C@@H](c2ccccc2)C1)N1CCC[C@H](O)C1. The van der Waals surface area contributed by atoms with Gasteiger partial charge in [0, 0.05) is 19.5 Å². The second kappa shape index (κ2) is 7.30. The van der Waals surface area contributed by atoms with Crippen molar-refractivity contribution in [2.24, 2.45) is 5.10 Å². The molecule has 26 heavy (non-hydrogen) atoms. The van der Waals surface area contributed by atoms with Crippen LogP contribution in [-0.2, 0) is 4.79 Å². The molecule has 134 valence electrons. The van der Waals surface area contributed by atoms with Gasteiger partial charge in [0.1, 0.15) is 5.71 Å². The summed E-state index contributed by atoms with van der Waals surface area (Å²) < 4.78 is 0. The lowest BCUT2D eigenvalue weighted by atomic mass is 10.00. The Morgan fingerprint density at radius 1 is 1.04 bits per heavy atom. The molecule has 1 N–H and O–H groups in total. The maximum absolute atomic E-state index is 13.0. The fourth-order valence-corrected chi connectivity index (χ4v) is 3.71. The van der Waals surface area contributed by atoms with E-state index in [0.29, 0.717) is 25.2 Å². The van der Waals surface area contributed by atoms with Gasteiger partial charge in [-0.1, -0.05) is 48.5 Å². The lowest BCUT2D eigenvalue weighted by Crippen LogP contribution is -2.44. The molecule has 2 aliphatic heterocycles. The van der Waals surface area contributed by atoms with Crippen LogP contribution in [0.2, 0.25) is 0 Å². The molecule has 4 rings (SSSR count). The summed E-state index contributed by atoms with van der Waals surface area (Å²) in [5, 5.41) is 16.5. The van der Waals surface area contributed by atoms with Gasteiger partial charge >= 0.3 is 0 Å². The van der Waals surface area contributed by atoms with Crippen LogP contribution in [0.25, 0.3) is 0 Å². The van der Waals surface area contributed by atoms with Crippen molar-refractivity contribution in [3.8, 4) is 0 Å². The molecule has 0 unspecified atom stereocenters. The average molecular weight is 349 g/mol. The number of para-hydroxylation sites is 1. The minimum absolute atomic E-state index is 0.00673. The maximum Gasteiger partial charge on any atom is 0.270 e. The highest BCUT2D eigenvalue weighted by Gasteiger charge is 2.35. The first kappa shape index (κ1) is 16.8. The number of carbonyl (C=O) groups is 1. The molecular formula is C21H23N3O2. The Morgan fingerprint density at radius 3 is 2.42 bits per heavy atom. The van der Waals surface area contributed by atoms with Gasteiger partial charge in [0.15, 0.2) is 0 Å². The first-order valence-electron chi connectivity index (χ1n) is 9.16. The van der Waals surface area contributed by atoms with E-state index < -0.39 is 6.10 Å². The summed E-state index contributed by atoms with van der Waals surface area (Å²) in [7, 11) is 0. The monoisotopic (exact) mass is 349 g/mol. The molecule has 1 fully saturated rings. The number of anilines is 1. The third kappa shape index (κ3) is 3.35. The summed E-state index contributed by atoms with van der Waals surface area (Å²) >= 11 is 0. The van der Waals surface area contributed by atoms with E-state index in [2.05, 4.69) is 12.1 Å². The van der Waals surface area contributed by atoms with Crippen LogP contribution in [0.15, 0.2) is 65.8 Å². The van der Waals surface area contributed by atoms with Crippen molar-refractivity contribution in [3.05, 3.63) is 66.2 Å². The Morgan fingerprint density at radius 2 is 1.73 bits per heavy atom. The number of carbonyl (C=O) groups excluding carboxylic acids is 1. The van der Waals surface area contributed by atoms with Gasteiger partial charge in [0.2, 0.25) is 0 Å². The number of rotatable bonds is 3. The molecule has 2 aliphatic rings. The van der Waals surface area contributed by atoms with Gasteiger partial charge in [-0.15, -0.1) is 0 Å². The van der Waals surface area contributed by atoms with Crippen molar-refractivity contribution in [2.45, 2.75) is 31.4 Å². The van der Waals surface area contributed by atoms with E-state index in [1.54, 1.807) is 4.90 Å². The van der Waals surface area contributed by atoms with Crippen LogP contribution in [0, 0.1) is 0 Å². The number of β-amino-alcohol motifs (C(OH)–C–C–N with tert-alkyl or cyclic N) is 1. The van der Waals surface area contributed by atoms with Crippen molar-refractivity contribution < 1.29 is 9.90 Å². The molecule has 0 bridgehead atoms. The number of benzene rings is 2. The number of hydrogen-bond acceptors (Lipinski definition) is 4. The van der Waals surface area contributed by atoms with Gasteiger partial charge in [-0.25, -0.2) is 0 Å². The molecule has 0 radical (unpaired) electrons. The smallest absolute Gasteiger partial charge is 0.270 e. The largest absolute Gasteiger partial charge is 0.391 e. The first-order valence-corrected chi connectivity index (χ1v) is 9.16. The van der Waals surface area contributed by atoms with Crippen molar-refractivity contribution in [2.75, 3.05) is 18.1 Å². The molecule has 0 saturated carbocycles. The van der Waals surface area contributed by atoms with Crippen LogP contribution < -0.4 is 5.01 Å². The minimum atomic E-state index is -0.426. The zero-order valence-corrected chi connectivity index (χ0v) is 14.7. The van der Waals surface area contributed by atoms with Crippen molar-refractivity contribution in [3.63, 3.8) is 0 Å². The van der Waals surface area contributed by atoms with Crippen LogP contribution in [0.5, 0.6) is 0 Å². The van der Waals surface area contributed by atoms with Gasteiger partial charge in [-0.2, -0.15) is 5.10 Å². The third-order valence-corrected chi connectivity index (χ3v) is 5.05. The molecular weight excluding hydrogens is 326 g/mol. The normalized spacial score (nSPS) is 23.0. The second-order valence-corrected chi connectivity index (χ2v) is 6.90. The number of likely N-dealkylation sites (tertiary alicyclic amines) is 1. The molecule has 0 aliphatic carbocycles. The maximum atomic E-state index is 13.0. The van der Waals surface area contributed by atoms with Crippen molar-refractivity contribution in [1.82, 2.24) is 4.90 Å². The molecule has 2 aromatic carbocycles. The number of hydrazone groups is 1. The van der Waals surface area contributed by atoms with Gasteiger partial charge in [-0.05, 0) is 30.5 Å². The van der Waals surface area contributed by atoms with E-state index >= 15 is 0 Å². The highest BCUT2D eigenvalue weighted by Crippen LogP contribution is 2.35. The summed E-state index contributed by atoms with van der Waals surface area (Å²) in [5.74, 6) is -0.0527. The van der Waals surface area contributed by atoms with Crippen LogP contribution >= 0.6 is 0 Å². The van der Waals surface area contributed by atoms with Crippen molar-refractivity contribution in [1.29, 1.82) is 0 Å². The predicted molar refractivity (Wildman–Crippen MR) is 102 cm³/mol. The quantitative estimate of drug-likeness (QED) is 0.927. The molecule has 0 spiro atoms. The molecule has 0 aromatic heterocycles. The first-order chi connectivity index (χ1) is 12.7. The molecule has 5 heteroatoms. The Labute approximate surface area is 153 Å². The van der Waals surface area contributed by atoms with E-state index in [0.717, 1.165) is 24.1 Å². The van der Waals surface area contributed by atoms with E-state index in [9.17, 15) is 9.90 Å². The lowest BCUT2D eigenvalue weighted by Gasteiger charge is -2.29. The minimum Gasteiger partial charge on any atom is -0.391 e. The number of nitrogens with zero attached hydrogens (tertiary/aromatic N) is 3. The van der Waals surface area contributed by atoms with Gasteiger partial charge in [0.05, 0.1) is 17.8 Å². The summed E-state index contributed by atoms with van der Waals surface area (Å²) in [6, 6.07) is 20.1. The number of hydrogen-bond donors (Lipinski definition) is 1. The summed E-state index contributed by atoms with van der Waals surface area (Å²) in [6.07, 6.45) is 1.75. The third-order valence-electron chi connectivity index (χ3n) is 5.05. The number of amides is 1. The highest BCUT2D eigenvalue weighted by atomic mass is 16.3. The zero-order chi connectivity index (χ0) is 17.9. The zero-order valence-electron chi connectivity index (χ0n) is 14.7. The summed E-state index contributed by atoms with van der Waals surface area (Å²) in [5.41, 5.74) is 2.68. The van der Waals surface area contributed by atoms with Crippen molar-refractivity contribution >= 4 is 17.3 Å². The standard InChI is InChI=1S/C21H23N3O2/c25-18-12-7-13-23(15-18)21(26)19-14-20(16-8-3-1-4-9-16)24(22-19)17-10-5-2-6-11-17/h1-6,8-11,18,20,25H,7,12-15H2/t18-,20+/m0/s1. The van der Waals surface area contributed by atoms with E-state index in [1.807, 2.05) is 53.5 Å². The molecule has 1 saturated heterocycles. The van der Waals surface area contributed by atoms with Crippen LogP contribution in [0.4, 0.5) is 5.69 Å².